The fraction of sp³-hybridized carbons (Fsp3) is 0.400. The van der Waals surface area contributed by atoms with E-state index in [0.717, 1.165) is 11.3 Å². The molecule has 1 rings (SSSR count). The molecular weight excluding hydrogens is 209 g/mol. The quantitative estimate of drug-likeness (QED) is 0.530. The van der Waals surface area contributed by atoms with Gasteiger partial charge in [-0.3, -0.25) is 0 Å². The van der Waals surface area contributed by atoms with E-state index >= 15 is 0 Å². The maximum Gasteiger partial charge on any atom is 0.307 e. The molecular formula is C5H7NNaO3S2. The van der Waals surface area contributed by atoms with E-state index in [4.69, 9.17) is 0 Å². The first-order chi connectivity index (χ1) is 4.97. The molecule has 4 nitrogen and oxygen atoms in total. The fourth-order valence-corrected chi connectivity index (χ4v) is 1.51. The number of nitrogens with zero attached hydrogens (tertiary/aromatic N) is 1. The molecule has 0 aromatic carbocycles. The van der Waals surface area contributed by atoms with Crippen LogP contribution in [0.15, 0.2) is 5.38 Å². The summed E-state index contributed by atoms with van der Waals surface area (Å²) >= 11 is 1.34. The van der Waals surface area contributed by atoms with Gasteiger partial charge in [-0.05, 0) is 6.92 Å². The summed E-state index contributed by atoms with van der Waals surface area (Å²) < 4.78 is 25.6. The van der Waals surface area contributed by atoms with Crippen molar-refractivity contribution in [2.24, 2.45) is 0 Å². The Hall–Kier alpha value is 0.380. The van der Waals surface area contributed by atoms with Crippen molar-refractivity contribution in [3.63, 3.8) is 0 Å². The van der Waals surface area contributed by atoms with Crippen LogP contribution in [-0.2, 0) is 10.1 Å². The normalized spacial score (nSPS) is 10.5. The van der Waals surface area contributed by atoms with E-state index in [1.165, 1.54) is 11.3 Å². The molecule has 0 aliphatic rings. The zero-order chi connectivity index (χ0) is 8.48. The van der Waals surface area contributed by atoms with E-state index in [1.807, 2.05) is 0 Å². The number of aromatic nitrogens is 1. The molecule has 0 saturated heterocycles. The summed E-state index contributed by atoms with van der Waals surface area (Å²) in [5, 5.41) is 2.33. The first kappa shape index (κ1) is 12.4. The molecule has 0 N–H and O–H groups in total. The first-order valence-electron chi connectivity index (χ1n) is 2.79. The maximum atomic E-state index is 10.6. The molecule has 0 bridgehead atoms. The summed E-state index contributed by atoms with van der Waals surface area (Å²) in [5.41, 5.74) is 0. The van der Waals surface area contributed by atoms with Crippen molar-refractivity contribution in [3.05, 3.63) is 10.4 Å². The van der Waals surface area contributed by atoms with Crippen molar-refractivity contribution >= 4 is 51.0 Å². The van der Waals surface area contributed by atoms with E-state index in [2.05, 4.69) is 9.17 Å². The van der Waals surface area contributed by atoms with Crippen LogP contribution in [0.2, 0.25) is 0 Å². The maximum absolute atomic E-state index is 10.6. The zero-order valence-electron chi connectivity index (χ0n) is 7.07. The SMILES string of the molecule is Cc1nc(OS(C)(=O)=O)cs1.[Na]. The van der Waals surface area contributed by atoms with Crippen LogP contribution < -0.4 is 4.18 Å². The summed E-state index contributed by atoms with van der Waals surface area (Å²) in [6.07, 6.45) is 0.988. The molecule has 0 fully saturated rings. The minimum atomic E-state index is -3.42. The van der Waals surface area contributed by atoms with Crippen molar-refractivity contribution in [1.82, 2.24) is 4.98 Å². The van der Waals surface area contributed by atoms with E-state index in [-0.39, 0.29) is 35.4 Å². The number of hydrogen-bond donors (Lipinski definition) is 0. The molecule has 0 amide bonds. The van der Waals surface area contributed by atoms with Crippen LogP contribution in [0, 0.1) is 6.92 Å². The Morgan fingerprint density at radius 2 is 2.17 bits per heavy atom. The standard InChI is InChI=1S/C5H7NO3S2.Na/c1-4-6-5(3-10-4)9-11(2,7)8;/h3H,1-2H3;. The molecule has 0 spiro atoms. The molecule has 1 aromatic heterocycles. The Kier molecular flexibility index (Phi) is 4.71. The summed E-state index contributed by atoms with van der Waals surface area (Å²) in [6.45, 7) is 1.78. The van der Waals surface area contributed by atoms with Gasteiger partial charge in [0.2, 0.25) is 5.88 Å². The molecule has 12 heavy (non-hydrogen) atoms. The molecule has 1 heterocycles. The molecule has 0 atom stereocenters. The van der Waals surface area contributed by atoms with Crippen LogP contribution in [0.3, 0.4) is 0 Å². The van der Waals surface area contributed by atoms with Gasteiger partial charge in [-0.2, -0.15) is 8.42 Å². The summed E-state index contributed by atoms with van der Waals surface area (Å²) in [7, 11) is -3.42. The molecule has 1 aromatic rings. The van der Waals surface area contributed by atoms with Crippen molar-refractivity contribution in [2.45, 2.75) is 6.92 Å². The Morgan fingerprint density at radius 1 is 1.58 bits per heavy atom. The Labute approximate surface area is 97.4 Å². The van der Waals surface area contributed by atoms with Gasteiger partial charge in [0, 0.05) is 29.6 Å². The molecule has 0 unspecified atom stereocenters. The molecule has 7 heteroatoms. The van der Waals surface area contributed by atoms with Crippen LogP contribution in [0.25, 0.3) is 0 Å². The average molecular weight is 216 g/mol. The smallest absolute Gasteiger partial charge is 0.307 e. The van der Waals surface area contributed by atoms with E-state index in [1.54, 1.807) is 12.3 Å². The molecule has 63 valence electrons. The van der Waals surface area contributed by atoms with Crippen molar-refractivity contribution < 1.29 is 12.6 Å². The predicted molar refractivity (Wildman–Crippen MR) is 48.1 cm³/mol. The number of thiazole rings is 1. The zero-order valence-corrected chi connectivity index (χ0v) is 10.7. The van der Waals surface area contributed by atoms with Gasteiger partial charge in [-0.1, -0.05) is 0 Å². The minimum Gasteiger partial charge on any atom is -0.361 e. The van der Waals surface area contributed by atoms with Crippen LogP contribution in [-0.4, -0.2) is 49.2 Å². The fourth-order valence-electron chi connectivity index (χ4n) is 0.537. The molecule has 0 aliphatic heterocycles. The molecule has 1 radical (unpaired) electrons. The monoisotopic (exact) mass is 216 g/mol. The number of rotatable bonds is 2. The van der Waals surface area contributed by atoms with E-state index in [0.29, 0.717) is 0 Å². The van der Waals surface area contributed by atoms with Gasteiger partial charge in [0.05, 0.1) is 16.6 Å². The third-order valence-electron chi connectivity index (χ3n) is 0.835. The third-order valence-corrected chi connectivity index (χ3v) is 2.06. The van der Waals surface area contributed by atoms with Gasteiger partial charge >= 0.3 is 10.1 Å². The second-order valence-corrected chi connectivity index (χ2v) is 4.63. The molecule has 0 saturated carbocycles. The van der Waals surface area contributed by atoms with Gasteiger partial charge in [0.15, 0.2) is 0 Å². The van der Waals surface area contributed by atoms with Crippen molar-refractivity contribution in [1.29, 1.82) is 0 Å². The predicted octanol–water partition coefficient (Wildman–Crippen LogP) is 0.409. The van der Waals surface area contributed by atoms with Crippen molar-refractivity contribution in [2.75, 3.05) is 6.26 Å². The third kappa shape index (κ3) is 4.42. The minimum absolute atomic E-state index is 0. The second kappa shape index (κ2) is 4.57. The van der Waals surface area contributed by atoms with Gasteiger partial charge in [-0.15, -0.1) is 11.3 Å². The van der Waals surface area contributed by atoms with Crippen LogP contribution in [0.1, 0.15) is 5.01 Å². The van der Waals surface area contributed by atoms with Gasteiger partial charge in [0.25, 0.3) is 0 Å². The number of aryl methyl sites for hydroxylation is 1. The Bertz CT molecular complexity index is 345. The Balaban J connectivity index is 0.00000121. The van der Waals surface area contributed by atoms with Crippen molar-refractivity contribution in [3.8, 4) is 5.88 Å². The summed E-state index contributed by atoms with van der Waals surface area (Å²) in [4.78, 5) is 3.81. The van der Waals surface area contributed by atoms with E-state index < -0.39 is 10.1 Å². The summed E-state index contributed by atoms with van der Waals surface area (Å²) in [6, 6.07) is 0. The largest absolute Gasteiger partial charge is 0.361 e. The summed E-state index contributed by atoms with van der Waals surface area (Å²) in [5.74, 6) is 0.148. The van der Waals surface area contributed by atoms with Gasteiger partial charge in [-0.25, -0.2) is 4.98 Å². The van der Waals surface area contributed by atoms with Gasteiger partial charge in [0.1, 0.15) is 0 Å². The van der Waals surface area contributed by atoms with Gasteiger partial charge < -0.3 is 4.18 Å². The first-order valence-corrected chi connectivity index (χ1v) is 5.48. The van der Waals surface area contributed by atoms with Crippen LogP contribution in [0.5, 0.6) is 5.88 Å². The topological polar surface area (TPSA) is 56.3 Å². The van der Waals surface area contributed by atoms with Crippen LogP contribution in [0.4, 0.5) is 0 Å². The van der Waals surface area contributed by atoms with E-state index in [9.17, 15) is 8.42 Å². The molecule has 0 aliphatic carbocycles. The Morgan fingerprint density at radius 3 is 2.50 bits per heavy atom. The van der Waals surface area contributed by atoms with Crippen LogP contribution >= 0.6 is 11.3 Å². The second-order valence-electron chi connectivity index (χ2n) is 1.99. The average Bonchev–Trinajstić information content (AvgIpc) is 2.10. The number of hydrogen-bond acceptors (Lipinski definition) is 5.